The maximum absolute atomic E-state index is 12.6. The summed E-state index contributed by atoms with van der Waals surface area (Å²) in [6, 6.07) is 15.0. The van der Waals surface area contributed by atoms with Gasteiger partial charge in [0.15, 0.2) is 12.4 Å². The fraction of sp³-hybridized carbons (Fsp3) is 0.250. The maximum Gasteiger partial charge on any atom is 0.289 e. The molecule has 4 rings (SSSR count). The van der Waals surface area contributed by atoms with Gasteiger partial charge in [-0.1, -0.05) is 18.2 Å². The lowest BCUT2D eigenvalue weighted by atomic mass is 9.99. The van der Waals surface area contributed by atoms with Gasteiger partial charge in [-0.25, -0.2) is 0 Å². The smallest absolute Gasteiger partial charge is 0.289 e. The van der Waals surface area contributed by atoms with Crippen LogP contribution in [-0.2, 0) is 17.8 Å². The Balaban J connectivity index is 1.39. The molecule has 2 amide bonds. The number of anilines is 1. The summed E-state index contributed by atoms with van der Waals surface area (Å²) in [5.74, 6) is 0.700. The van der Waals surface area contributed by atoms with Gasteiger partial charge in [0, 0.05) is 18.8 Å². The molecule has 1 aromatic heterocycles. The summed E-state index contributed by atoms with van der Waals surface area (Å²) in [5.41, 5.74) is 5.05. The standard InChI is InChI=1S/C24H24N2O4/c1-16-5-3-6-21(17(16)2)30-15-23(27)25-20-9-8-18-10-11-26(14-19(18)13-20)24(28)22-7-4-12-29-22/h3-9,12-13H,10-11,14-15H2,1-2H3,(H,25,27). The quantitative estimate of drug-likeness (QED) is 0.695. The number of fused-ring (bicyclic) bond motifs is 1. The van der Waals surface area contributed by atoms with Crippen LogP contribution in [-0.4, -0.2) is 29.9 Å². The Morgan fingerprint density at radius 3 is 2.77 bits per heavy atom. The summed E-state index contributed by atoms with van der Waals surface area (Å²) in [7, 11) is 0. The summed E-state index contributed by atoms with van der Waals surface area (Å²) in [6.45, 7) is 5.04. The zero-order valence-corrected chi connectivity index (χ0v) is 17.1. The van der Waals surface area contributed by atoms with E-state index in [4.69, 9.17) is 9.15 Å². The van der Waals surface area contributed by atoms with Crippen molar-refractivity contribution >= 4 is 17.5 Å². The van der Waals surface area contributed by atoms with E-state index in [2.05, 4.69) is 5.32 Å². The first kappa shape index (κ1) is 19.8. The van der Waals surface area contributed by atoms with Crippen LogP contribution in [0.25, 0.3) is 0 Å². The molecule has 0 radical (unpaired) electrons. The average molecular weight is 404 g/mol. The van der Waals surface area contributed by atoms with Crippen molar-refractivity contribution < 1.29 is 18.7 Å². The fourth-order valence-corrected chi connectivity index (χ4v) is 3.59. The molecule has 6 heteroatoms. The number of hydrogen-bond donors (Lipinski definition) is 1. The minimum absolute atomic E-state index is 0.0650. The Hall–Kier alpha value is -3.54. The minimum atomic E-state index is -0.227. The highest BCUT2D eigenvalue weighted by Gasteiger charge is 2.23. The Labute approximate surface area is 175 Å². The van der Waals surface area contributed by atoms with E-state index in [-0.39, 0.29) is 18.4 Å². The molecule has 0 saturated carbocycles. The van der Waals surface area contributed by atoms with Crippen LogP contribution in [0, 0.1) is 13.8 Å². The Morgan fingerprint density at radius 1 is 1.10 bits per heavy atom. The lowest BCUT2D eigenvalue weighted by Gasteiger charge is -2.28. The van der Waals surface area contributed by atoms with Gasteiger partial charge in [-0.05, 0) is 72.9 Å². The first-order chi connectivity index (χ1) is 14.5. The monoisotopic (exact) mass is 404 g/mol. The molecule has 0 saturated heterocycles. The molecular formula is C24H24N2O4. The van der Waals surface area contributed by atoms with E-state index in [0.717, 1.165) is 23.1 Å². The lowest BCUT2D eigenvalue weighted by Crippen LogP contribution is -2.35. The van der Waals surface area contributed by atoms with E-state index in [9.17, 15) is 9.59 Å². The third kappa shape index (κ3) is 4.22. The molecule has 1 aliphatic heterocycles. The zero-order chi connectivity index (χ0) is 21.1. The number of furan rings is 1. The van der Waals surface area contributed by atoms with Gasteiger partial charge in [0.05, 0.1) is 6.26 Å². The van der Waals surface area contributed by atoms with Gasteiger partial charge in [-0.15, -0.1) is 0 Å². The van der Waals surface area contributed by atoms with Gasteiger partial charge >= 0.3 is 0 Å². The number of ether oxygens (including phenoxy) is 1. The molecule has 6 nitrogen and oxygen atoms in total. The summed E-state index contributed by atoms with van der Waals surface area (Å²) >= 11 is 0. The summed E-state index contributed by atoms with van der Waals surface area (Å²) in [6.07, 6.45) is 2.27. The lowest BCUT2D eigenvalue weighted by molar-refractivity contribution is -0.118. The molecule has 0 atom stereocenters. The Morgan fingerprint density at radius 2 is 1.97 bits per heavy atom. The summed E-state index contributed by atoms with van der Waals surface area (Å²) in [5, 5.41) is 2.88. The van der Waals surface area contributed by atoms with Gasteiger partial charge in [-0.2, -0.15) is 0 Å². The van der Waals surface area contributed by atoms with Gasteiger partial charge < -0.3 is 19.4 Å². The van der Waals surface area contributed by atoms with Crippen molar-refractivity contribution in [2.75, 3.05) is 18.5 Å². The third-order valence-electron chi connectivity index (χ3n) is 5.44. The molecule has 0 unspecified atom stereocenters. The second-order valence-electron chi connectivity index (χ2n) is 7.47. The molecule has 2 aromatic carbocycles. The van der Waals surface area contributed by atoms with Gasteiger partial charge in [0.1, 0.15) is 5.75 Å². The first-order valence-corrected chi connectivity index (χ1v) is 9.94. The van der Waals surface area contributed by atoms with Crippen molar-refractivity contribution in [2.24, 2.45) is 0 Å². The molecule has 0 spiro atoms. The highest BCUT2D eigenvalue weighted by Crippen LogP contribution is 2.24. The first-order valence-electron chi connectivity index (χ1n) is 9.94. The molecular weight excluding hydrogens is 380 g/mol. The molecule has 0 fully saturated rings. The molecule has 1 N–H and O–H groups in total. The van der Waals surface area contributed by atoms with Crippen LogP contribution in [0.1, 0.15) is 32.8 Å². The highest BCUT2D eigenvalue weighted by atomic mass is 16.5. The molecule has 3 aromatic rings. The van der Waals surface area contributed by atoms with Crippen LogP contribution in [0.15, 0.2) is 59.2 Å². The van der Waals surface area contributed by atoms with Gasteiger partial charge in [-0.3, -0.25) is 9.59 Å². The fourth-order valence-electron chi connectivity index (χ4n) is 3.59. The predicted octanol–water partition coefficient (Wildman–Crippen LogP) is 4.11. The Bertz CT molecular complexity index is 1070. The van der Waals surface area contributed by atoms with Crippen LogP contribution in [0.5, 0.6) is 5.75 Å². The van der Waals surface area contributed by atoms with E-state index in [1.54, 1.807) is 17.0 Å². The van der Waals surface area contributed by atoms with Crippen LogP contribution >= 0.6 is 0 Å². The molecule has 0 bridgehead atoms. The number of carbonyl (C=O) groups excluding carboxylic acids is 2. The molecule has 30 heavy (non-hydrogen) atoms. The van der Waals surface area contributed by atoms with E-state index in [1.165, 1.54) is 11.8 Å². The van der Waals surface area contributed by atoms with Gasteiger partial charge in [0.25, 0.3) is 11.8 Å². The van der Waals surface area contributed by atoms with Crippen molar-refractivity contribution in [3.63, 3.8) is 0 Å². The van der Waals surface area contributed by atoms with Crippen LogP contribution in [0.4, 0.5) is 5.69 Å². The second-order valence-corrected chi connectivity index (χ2v) is 7.47. The van der Waals surface area contributed by atoms with E-state index in [1.807, 2.05) is 50.2 Å². The van der Waals surface area contributed by atoms with Crippen molar-refractivity contribution in [3.05, 3.63) is 82.8 Å². The van der Waals surface area contributed by atoms with Crippen molar-refractivity contribution in [1.82, 2.24) is 4.90 Å². The van der Waals surface area contributed by atoms with E-state index < -0.39 is 0 Å². The number of benzene rings is 2. The molecule has 2 heterocycles. The second kappa shape index (κ2) is 8.45. The minimum Gasteiger partial charge on any atom is -0.483 e. The van der Waals surface area contributed by atoms with E-state index >= 15 is 0 Å². The van der Waals surface area contributed by atoms with Crippen LogP contribution < -0.4 is 10.1 Å². The summed E-state index contributed by atoms with van der Waals surface area (Å²) < 4.78 is 10.9. The third-order valence-corrected chi connectivity index (χ3v) is 5.44. The van der Waals surface area contributed by atoms with E-state index in [0.29, 0.717) is 30.3 Å². The SMILES string of the molecule is Cc1cccc(OCC(=O)Nc2ccc3c(c2)CN(C(=O)c2ccco2)CC3)c1C. The number of hydrogen-bond acceptors (Lipinski definition) is 4. The van der Waals surface area contributed by atoms with Crippen molar-refractivity contribution in [2.45, 2.75) is 26.8 Å². The number of aryl methyl sites for hydroxylation is 1. The molecule has 154 valence electrons. The molecule has 1 aliphatic rings. The maximum atomic E-state index is 12.6. The number of rotatable bonds is 5. The normalized spacial score (nSPS) is 12.9. The topological polar surface area (TPSA) is 71.8 Å². The Kier molecular flexibility index (Phi) is 5.57. The number of nitrogens with zero attached hydrogens (tertiary/aromatic N) is 1. The summed E-state index contributed by atoms with van der Waals surface area (Å²) in [4.78, 5) is 26.7. The van der Waals surface area contributed by atoms with Crippen molar-refractivity contribution in [1.29, 1.82) is 0 Å². The van der Waals surface area contributed by atoms with Crippen LogP contribution in [0.2, 0.25) is 0 Å². The highest BCUT2D eigenvalue weighted by molar-refractivity contribution is 5.93. The predicted molar refractivity (Wildman–Crippen MR) is 114 cm³/mol. The van der Waals surface area contributed by atoms with Crippen molar-refractivity contribution in [3.8, 4) is 5.75 Å². The zero-order valence-electron chi connectivity index (χ0n) is 17.1. The van der Waals surface area contributed by atoms with Crippen LogP contribution in [0.3, 0.4) is 0 Å². The number of carbonyl (C=O) groups is 2. The number of nitrogens with one attached hydrogen (secondary N) is 1. The molecule has 0 aliphatic carbocycles. The number of amides is 2. The average Bonchev–Trinajstić information content (AvgIpc) is 3.28. The van der Waals surface area contributed by atoms with Gasteiger partial charge in [0.2, 0.25) is 0 Å². The largest absolute Gasteiger partial charge is 0.483 e.